The molecule has 0 aromatic heterocycles. The van der Waals surface area contributed by atoms with E-state index in [2.05, 4.69) is 6.92 Å². The lowest BCUT2D eigenvalue weighted by molar-refractivity contribution is -0.137. The molecule has 0 radical (unpaired) electrons. The van der Waals surface area contributed by atoms with Crippen molar-refractivity contribution in [1.29, 1.82) is 0 Å². The summed E-state index contributed by atoms with van der Waals surface area (Å²) >= 11 is 0. The Labute approximate surface area is 119 Å². The fourth-order valence-electron chi connectivity index (χ4n) is 2.02. The van der Waals surface area contributed by atoms with Crippen LogP contribution in [0.4, 0.5) is 0 Å². The summed E-state index contributed by atoms with van der Waals surface area (Å²) in [5.41, 5.74) is 0. The largest absolute Gasteiger partial charge is 0.463 e. The third kappa shape index (κ3) is 15.2. The van der Waals surface area contributed by atoms with E-state index in [1.165, 1.54) is 63.9 Å². The molecule has 0 heterocycles. The van der Waals surface area contributed by atoms with Gasteiger partial charge in [-0.25, -0.2) is 4.79 Å². The number of hydrogen-bond acceptors (Lipinski definition) is 2. The molecule has 0 bridgehead atoms. The average Bonchev–Trinajstić information content (AvgIpc) is 2.42. The van der Waals surface area contributed by atoms with Crippen molar-refractivity contribution in [3.8, 4) is 0 Å². The Morgan fingerprint density at radius 3 is 1.89 bits per heavy atom. The van der Waals surface area contributed by atoms with Gasteiger partial charge >= 0.3 is 5.97 Å². The van der Waals surface area contributed by atoms with Crippen LogP contribution in [0.5, 0.6) is 0 Å². The minimum atomic E-state index is -0.197. The van der Waals surface area contributed by atoms with Crippen LogP contribution in [0.15, 0.2) is 12.2 Å². The molecule has 0 aliphatic rings. The van der Waals surface area contributed by atoms with Gasteiger partial charge in [-0.15, -0.1) is 0 Å². The molecule has 0 N–H and O–H groups in total. The first-order valence-electron chi connectivity index (χ1n) is 8.14. The number of ether oxygens (including phenoxy) is 1. The van der Waals surface area contributed by atoms with Gasteiger partial charge in [0.15, 0.2) is 0 Å². The number of carbonyl (C=O) groups is 1. The van der Waals surface area contributed by atoms with Crippen molar-refractivity contribution in [2.75, 3.05) is 6.61 Å². The van der Waals surface area contributed by atoms with Gasteiger partial charge in [0.1, 0.15) is 0 Å². The van der Waals surface area contributed by atoms with E-state index in [4.69, 9.17) is 4.74 Å². The molecule has 0 amide bonds. The van der Waals surface area contributed by atoms with Crippen molar-refractivity contribution in [3.05, 3.63) is 12.2 Å². The molecular formula is C17H32O2. The van der Waals surface area contributed by atoms with E-state index < -0.39 is 0 Å². The number of esters is 1. The predicted octanol–water partition coefficient (Wildman–Crippen LogP) is 5.42. The van der Waals surface area contributed by atoms with Crippen LogP contribution in [0.1, 0.15) is 84.5 Å². The monoisotopic (exact) mass is 268 g/mol. The Morgan fingerprint density at radius 1 is 0.842 bits per heavy atom. The smallest absolute Gasteiger partial charge is 0.330 e. The molecule has 112 valence electrons. The summed E-state index contributed by atoms with van der Waals surface area (Å²) < 4.78 is 5.09. The van der Waals surface area contributed by atoms with E-state index in [-0.39, 0.29) is 5.97 Å². The minimum absolute atomic E-state index is 0.197. The number of unbranched alkanes of at least 4 members (excludes halogenated alkanes) is 9. The molecule has 0 aromatic rings. The van der Waals surface area contributed by atoms with Crippen LogP contribution in [0, 0.1) is 0 Å². The lowest BCUT2D eigenvalue weighted by Crippen LogP contribution is -2.02. The van der Waals surface area contributed by atoms with Crippen molar-refractivity contribution in [3.63, 3.8) is 0 Å². The van der Waals surface area contributed by atoms with E-state index in [1.807, 2.05) is 13.0 Å². The molecule has 0 saturated heterocycles. The van der Waals surface area contributed by atoms with Gasteiger partial charge in [-0.3, -0.25) is 0 Å². The van der Waals surface area contributed by atoms with Crippen LogP contribution in [-0.2, 0) is 9.53 Å². The molecule has 2 heteroatoms. The molecule has 0 aliphatic heterocycles. The summed E-state index contributed by atoms with van der Waals surface area (Å²) in [6.07, 6.45) is 17.3. The fourth-order valence-corrected chi connectivity index (χ4v) is 2.02. The normalized spacial score (nSPS) is 11.1. The van der Waals surface area contributed by atoms with Crippen LogP contribution in [0.3, 0.4) is 0 Å². The number of hydrogen-bond donors (Lipinski definition) is 0. The Bertz CT molecular complexity index is 221. The quantitative estimate of drug-likeness (QED) is 0.253. The summed E-state index contributed by atoms with van der Waals surface area (Å²) in [6, 6.07) is 0. The second kappa shape index (κ2) is 15.3. The molecule has 0 fully saturated rings. The van der Waals surface area contributed by atoms with Crippen molar-refractivity contribution in [1.82, 2.24) is 0 Å². The van der Waals surface area contributed by atoms with E-state index in [0.29, 0.717) is 6.61 Å². The maximum atomic E-state index is 11.2. The molecular weight excluding hydrogens is 236 g/mol. The highest BCUT2D eigenvalue weighted by molar-refractivity contribution is 5.81. The zero-order chi connectivity index (χ0) is 14.2. The highest BCUT2D eigenvalue weighted by Gasteiger charge is 1.96. The van der Waals surface area contributed by atoms with Crippen molar-refractivity contribution in [2.45, 2.75) is 84.5 Å². The molecule has 0 saturated carbocycles. The number of rotatable bonds is 13. The van der Waals surface area contributed by atoms with E-state index in [0.717, 1.165) is 12.8 Å². The summed E-state index contributed by atoms with van der Waals surface area (Å²) in [6.45, 7) is 4.83. The second-order valence-corrected chi connectivity index (χ2v) is 5.16. The highest BCUT2D eigenvalue weighted by atomic mass is 16.5. The van der Waals surface area contributed by atoms with Crippen LogP contribution in [0.2, 0.25) is 0 Å². The topological polar surface area (TPSA) is 26.3 Å². The van der Waals surface area contributed by atoms with Crippen LogP contribution >= 0.6 is 0 Å². The standard InChI is InChI=1S/C17H32O2/c1-3-5-7-8-9-10-11-12-13-14-16-19-17(18)15-6-4-2/h6,15H,3-5,7-14,16H2,1-2H3/b15-6+. The third-order valence-corrected chi connectivity index (χ3v) is 3.23. The van der Waals surface area contributed by atoms with Crippen molar-refractivity contribution in [2.24, 2.45) is 0 Å². The Hall–Kier alpha value is -0.790. The zero-order valence-corrected chi connectivity index (χ0v) is 13.0. The van der Waals surface area contributed by atoms with Gasteiger partial charge in [0, 0.05) is 6.08 Å². The fraction of sp³-hybridized carbons (Fsp3) is 0.824. The van der Waals surface area contributed by atoms with Gasteiger partial charge in [0.2, 0.25) is 0 Å². The number of carbonyl (C=O) groups excluding carboxylic acids is 1. The van der Waals surface area contributed by atoms with Gasteiger partial charge in [-0.1, -0.05) is 77.7 Å². The SMILES string of the molecule is CC/C=C/C(=O)OCCCCCCCCCCCC. The first-order chi connectivity index (χ1) is 9.31. The second-order valence-electron chi connectivity index (χ2n) is 5.16. The molecule has 0 spiro atoms. The van der Waals surface area contributed by atoms with Crippen LogP contribution < -0.4 is 0 Å². The zero-order valence-electron chi connectivity index (χ0n) is 13.0. The van der Waals surface area contributed by atoms with Crippen molar-refractivity contribution < 1.29 is 9.53 Å². The molecule has 0 aliphatic carbocycles. The van der Waals surface area contributed by atoms with Crippen molar-refractivity contribution >= 4 is 5.97 Å². The van der Waals surface area contributed by atoms with Gasteiger partial charge in [-0.05, 0) is 12.8 Å². The summed E-state index contributed by atoms with van der Waals surface area (Å²) in [5, 5.41) is 0. The minimum Gasteiger partial charge on any atom is -0.463 e. The predicted molar refractivity (Wildman–Crippen MR) is 82.2 cm³/mol. The van der Waals surface area contributed by atoms with Gasteiger partial charge in [0.05, 0.1) is 6.61 Å². The van der Waals surface area contributed by atoms with Gasteiger partial charge in [0.25, 0.3) is 0 Å². The lowest BCUT2D eigenvalue weighted by Gasteiger charge is -2.03. The van der Waals surface area contributed by atoms with Gasteiger partial charge in [-0.2, -0.15) is 0 Å². The lowest BCUT2D eigenvalue weighted by atomic mass is 10.1. The van der Waals surface area contributed by atoms with Crippen LogP contribution in [0.25, 0.3) is 0 Å². The third-order valence-electron chi connectivity index (χ3n) is 3.23. The highest BCUT2D eigenvalue weighted by Crippen LogP contribution is 2.10. The first kappa shape index (κ1) is 18.2. The molecule has 0 rings (SSSR count). The average molecular weight is 268 g/mol. The van der Waals surface area contributed by atoms with E-state index >= 15 is 0 Å². The summed E-state index contributed by atoms with van der Waals surface area (Å²) in [4.78, 5) is 11.2. The Morgan fingerprint density at radius 2 is 1.37 bits per heavy atom. The maximum absolute atomic E-state index is 11.2. The summed E-state index contributed by atoms with van der Waals surface area (Å²) in [7, 11) is 0. The van der Waals surface area contributed by atoms with E-state index in [1.54, 1.807) is 0 Å². The Balaban J connectivity index is 3.10. The summed E-state index contributed by atoms with van der Waals surface area (Å²) in [5.74, 6) is -0.197. The molecule has 19 heavy (non-hydrogen) atoms. The maximum Gasteiger partial charge on any atom is 0.330 e. The Kier molecular flexibility index (Phi) is 14.6. The van der Waals surface area contributed by atoms with Crippen LogP contribution in [-0.4, -0.2) is 12.6 Å². The molecule has 0 atom stereocenters. The molecule has 0 aromatic carbocycles. The van der Waals surface area contributed by atoms with E-state index in [9.17, 15) is 4.79 Å². The van der Waals surface area contributed by atoms with Gasteiger partial charge < -0.3 is 4.74 Å². The molecule has 0 unspecified atom stereocenters. The first-order valence-corrected chi connectivity index (χ1v) is 8.14. The molecule has 2 nitrogen and oxygen atoms in total. The number of allylic oxidation sites excluding steroid dienone is 1.